The molecular weight excluding hydrogens is 286 g/mol. The lowest BCUT2D eigenvalue weighted by Crippen LogP contribution is -2.51. The van der Waals surface area contributed by atoms with Crippen LogP contribution in [-0.2, 0) is 11.3 Å². The lowest BCUT2D eigenvalue weighted by Gasteiger charge is -2.29. The smallest absolute Gasteiger partial charge is 0.242 e. The summed E-state index contributed by atoms with van der Waals surface area (Å²) in [5.41, 5.74) is 5.56. The van der Waals surface area contributed by atoms with Crippen LogP contribution in [0.2, 0.25) is 0 Å². The average molecular weight is 307 g/mol. The minimum Gasteiger partial charge on any atom is -0.340 e. The lowest BCUT2D eigenvalue weighted by molar-refractivity contribution is -0.135. The first-order valence-corrected chi connectivity index (χ1v) is 6.26. The number of halogens is 3. The van der Waals surface area contributed by atoms with Gasteiger partial charge in [0.25, 0.3) is 0 Å². The first-order valence-electron chi connectivity index (χ1n) is 6.26. The topological polar surface area (TPSA) is 46.3 Å². The summed E-state index contributed by atoms with van der Waals surface area (Å²) in [6, 6.07) is 3.60. The van der Waals surface area contributed by atoms with Crippen molar-refractivity contribution in [1.29, 1.82) is 0 Å². The third kappa shape index (κ3) is 4.72. The van der Waals surface area contributed by atoms with Gasteiger partial charge in [-0.3, -0.25) is 4.79 Å². The Labute approximate surface area is 124 Å². The van der Waals surface area contributed by atoms with Gasteiger partial charge in [0.05, 0.1) is 5.54 Å². The van der Waals surface area contributed by atoms with E-state index in [-0.39, 0.29) is 24.9 Å². The molecule has 20 heavy (non-hydrogen) atoms. The van der Waals surface area contributed by atoms with Crippen LogP contribution in [0, 0.1) is 11.6 Å². The molecule has 0 aromatic heterocycles. The molecule has 0 radical (unpaired) electrons. The van der Waals surface area contributed by atoms with Crippen molar-refractivity contribution in [2.45, 2.75) is 38.8 Å². The largest absolute Gasteiger partial charge is 0.340 e. The van der Waals surface area contributed by atoms with E-state index in [0.29, 0.717) is 12.0 Å². The van der Waals surface area contributed by atoms with E-state index < -0.39 is 17.2 Å². The Morgan fingerprint density at radius 2 is 1.95 bits per heavy atom. The molecule has 0 saturated heterocycles. The third-order valence-corrected chi connectivity index (χ3v) is 3.01. The highest BCUT2D eigenvalue weighted by Gasteiger charge is 2.30. The van der Waals surface area contributed by atoms with Crippen molar-refractivity contribution in [3.8, 4) is 0 Å². The average Bonchev–Trinajstić information content (AvgIpc) is 2.32. The van der Waals surface area contributed by atoms with E-state index in [1.807, 2.05) is 6.92 Å². The van der Waals surface area contributed by atoms with Crippen LogP contribution in [0.3, 0.4) is 0 Å². The highest BCUT2D eigenvalue weighted by Crippen LogP contribution is 2.15. The van der Waals surface area contributed by atoms with Crippen LogP contribution < -0.4 is 5.73 Å². The summed E-state index contributed by atoms with van der Waals surface area (Å²) in [5.74, 6) is -2.02. The summed E-state index contributed by atoms with van der Waals surface area (Å²) in [5, 5.41) is 0. The second-order valence-electron chi connectivity index (χ2n) is 5.08. The van der Waals surface area contributed by atoms with Crippen LogP contribution in [-0.4, -0.2) is 23.4 Å². The maximum atomic E-state index is 13.1. The molecule has 1 aromatic rings. The molecule has 0 aliphatic heterocycles. The summed E-state index contributed by atoms with van der Waals surface area (Å²) in [4.78, 5) is 13.6. The molecule has 1 aromatic carbocycles. The van der Waals surface area contributed by atoms with Gasteiger partial charge in [-0.25, -0.2) is 8.78 Å². The number of hydrogen-bond donors (Lipinski definition) is 1. The van der Waals surface area contributed by atoms with Gasteiger partial charge in [0, 0.05) is 13.6 Å². The number of benzene rings is 1. The molecule has 0 saturated carbocycles. The molecule has 1 unspecified atom stereocenters. The van der Waals surface area contributed by atoms with Crippen LogP contribution in [0.5, 0.6) is 0 Å². The maximum absolute atomic E-state index is 13.1. The van der Waals surface area contributed by atoms with E-state index in [4.69, 9.17) is 5.73 Å². The predicted molar refractivity (Wildman–Crippen MR) is 77.6 cm³/mol. The molecule has 1 rings (SSSR count). The Balaban J connectivity index is 0.00000361. The predicted octanol–water partition coefficient (Wildman–Crippen LogP) is 2.86. The summed E-state index contributed by atoms with van der Waals surface area (Å²) in [7, 11) is 1.60. The number of nitrogens with zero attached hydrogens (tertiary/aromatic N) is 1. The molecule has 6 heteroatoms. The molecule has 0 fully saturated rings. The molecule has 114 valence electrons. The minimum atomic E-state index is -0.928. The first-order chi connectivity index (χ1) is 8.77. The number of amides is 1. The summed E-state index contributed by atoms with van der Waals surface area (Å²) in [6.07, 6.45) is 1.38. The molecule has 1 amide bonds. The molecule has 0 aliphatic rings. The number of nitrogens with two attached hydrogens (primary N) is 1. The van der Waals surface area contributed by atoms with E-state index in [9.17, 15) is 13.6 Å². The van der Waals surface area contributed by atoms with Crippen LogP contribution >= 0.6 is 12.4 Å². The van der Waals surface area contributed by atoms with Gasteiger partial charge in [-0.15, -0.1) is 12.4 Å². The van der Waals surface area contributed by atoms with Crippen LogP contribution in [0.1, 0.15) is 32.3 Å². The maximum Gasteiger partial charge on any atom is 0.242 e. The molecule has 0 spiro atoms. The van der Waals surface area contributed by atoms with E-state index >= 15 is 0 Å². The van der Waals surface area contributed by atoms with Gasteiger partial charge in [-0.05, 0) is 31.0 Å². The van der Waals surface area contributed by atoms with Gasteiger partial charge in [0.15, 0.2) is 11.6 Å². The van der Waals surface area contributed by atoms with E-state index in [2.05, 4.69) is 0 Å². The second kappa shape index (κ2) is 7.55. The Morgan fingerprint density at radius 1 is 1.35 bits per heavy atom. The molecule has 0 bridgehead atoms. The Kier molecular flexibility index (Phi) is 7.09. The second-order valence-corrected chi connectivity index (χ2v) is 5.08. The molecule has 0 heterocycles. The van der Waals surface area contributed by atoms with Crippen LogP contribution in [0.4, 0.5) is 8.78 Å². The van der Waals surface area contributed by atoms with Crippen LogP contribution in [0.15, 0.2) is 18.2 Å². The van der Waals surface area contributed by atoms with Gasteiger partial charge in [-0.1, -0.05) is 19.4 Å². The highest BCUT2D eigenvalue weighted by atomic mass is 35.5. The van der Waals surface area contributed by atoms with Crippen molar-refractivity contribution < 1.29 is 13.6 Å². The molecule has 2 N–H and O–H groups in total. The van der Waals surface area contributed by atoms with Crippen molar-refractivity contribution in [2.24, 2.45) is 5.73 Å². The van der Waals surface area contributed by atoms with Crippen molar-refractivity contribution in [3.63, 3.8) is 0 Å². The molecule has 1 atom stereocenters. The fourth-order valence-corrected chi connectivity index (χ4v) is 2.05. The highest BCUT2D eigenvalue weighted by molar-refractivity contribution is 5.85. The monoisotopic (exact) mass is 306 g/mol. The first kappa shape index (κ1) is 18.8. The van der Waals surface area contributed by atoms with Gasteiger partial charge in [0.1, 0.15) is 0 Å². The fourth-order valence-electron chi connectivity index (χ4n) is 2.05. The van der Waals surface area contributed by atoms with Crippen molar-refractivity contribution >= 4 is 18.3 Å². The van der Waals surface area contributed by atoms with E-state index in [0.717, 1.165) is 18.6 Å². The molecular formula is C14H21ClF2N2O. The van der Waals surface area contributed by atoms with Crippen molar-refractivity contribution in [1.82, 2.24) is 4.90 Å². The number of likely N-dealkylation sites (N-methyl/N-ethyl adjacent to an activating group) is 1. The van der Waals surface area contributed by atoms with Crippen LogP contribution in [0.25, 0.3) is 0 Å². The summed E-state index contributed by atoms with van der Waals surface area (Å²) < 4.78 is 25.9. The van der Waals surface area contributed by atoms with Gasteiger partial charge >= 0.3 is 0 Å². The van der Waals surface area contributed by atoms with Gasteiger partial charge in [-0.2, -0.15) is 0 Å². The zero-order valence-electron chi connectivity index (χ0n) is 12.0. The Bertz CT molecular complexity index is 466. The third-order valence-electron chi connectivity index (χ3n) is 3.01. The SMILES string of the molecule is CCCC(C)(N)C(=O)N(C)Cc1ccc(F)c(F)c1.Cl. The summed E-state index contributed by atoms with van der Waals surface area (Å²) >= 11 is 0. The molecule has 0 aliphatic carbocycles. The van der Waals surface area contributed by atoms with Gasteiger partial charge in [0.2, 0.25) is 5.91 Å². The summed E-state index contributed by atoms with van der Waals surface area (Å²) in [6.45, 7) is 3.83. The quantitative estimate of drug-likeness (QED) is 0.909. The number of carbonyl (C=O) groups excluding carboxylic acids is 1. The fraction of sp³-hybridized carbons (Fsp3) is 0.500. The van der Waals surface area contributed by atoms with Crippen molar-refractivity contribution in [2.75, 3.05) is 7.05 Å². The zero-order valence-corrected chi connectivity index (χ0v) is 12.8. The number of hydrogen-bond acceptors (Lipinski definition) is 2. The molecule has 3 nitrogen and oxygen atoms in total. The van der Waals surface area contributed by atoms with E-state index in [1.165, 1.54) is 11.0 Å². The van der Waals surface area contributed by atoms with E-state index in [1.54, 1.807) is 14.0 Å². The zero-order chi connectivity index (χ0) is 14.6. The standard InChI is InChI=1S/C14H20F2N2O.ClH/c1-4-7-14(2,17)13(19)18(3)9-10-5-6-11(15)12(16)8-10;/h5-6,8H,4,7,9,17H2,1-3H3;1H. The normalized spacial score (nSPS) is 13.3. The number of carbonyl (C=O) groups is 1. The Hall–Kier alpha value is -1.20. The Morgan fingerprint density at radius 3 is 2.45 bits per heavy atom. The van der Waals surface area contributed by atoms with Gasteiger partial charge < -0.3 is 10.6 Å². The minimum absolute atomic E-state index is 0. The number of rotatable bonds is 5. The lowest BCUT2D eigenvalue weighted by atomic mass is 9.96. The van der Waals surface area contributed by atoms with Crippen molar-refractivity contribution in [3.05, 3.63) is 35.4 Å².